The molecule has 0 aliphatic heterocycles. The first-order valence-corrected chi connectivity index (χ1v) is 9.35. The highest BCUT2D eigenvalue weighted by molar-refractivity contribution is 5.67. The quantitative estimate of drug-likeness (QED) is 0.596. The van der Waals surface area contributed by atoms with Crippen LogP contribution in [0.15, 0.2) is 48.7 Å². The van der Waals surface area contributed by atoms with Crippen LogP contribution in [0.5, 0.6) is 0 Å². The zero-order chi connectivity index (χ0) is 20.1. The fourth-order valence-corrected chi connectivity index (χ4v) is 3.05. The molecule has 3 rings (SSSR count). The second-order valence-electron chi connectivity index (χ2n) is 7.19. The van der Waals surface area contributed by atoms with Gasteiger partial charge in [-0.05, 0) is 35.1 Å². The van der Waals surface area contributed by atoms with E-state index in [4.69, 9.17) is 0 Å². The molecular weight excluding hydrogens is 348 g/mol. The predicted molar refractivity (Wildman–Crippen MR) is 112 cm³/mol. The molecule has 28 heavy (non-hydrogen) atoms. The first-order valence-electron chi connectivity index (χ1n) is 9.35. The summed E-state index contributed by atoms with van der Waals surface area (Å²) in [7, 11) is 0. The van der Waals surface area contributed by atoms with Gasteiger partial charge < -0.3 is 10.6 Å². The van der Waals surface area contributed by atoms with Gasteiger partial charge in [-0.15, -0.1) is 5.10 Å². The number of nitrogens with zero attached hydrogens (tertiary/aromatic N) is 4. The fourth-order valence-electron chi connectivity index (χ4n) is 3.05. The lowest BCUT2D eigenvalue weighted by molar-refractivity contribution is 0.836. The summed E-state index contributed by atoms with van der Waals surface area (Å²) in [5.74, 6) is 1.65. The van der Waals surface area contributed by atoms with Crippen molar-refractivity contribution in [1.82, 2.24) is 15.2 Å². The third-order valence-corrected chi connectivity index (χ3v) is 4.48. The van der Waals surface area contributed by atoms with Crippen LogP contribution in [0, 0.1) is 11.3 Å². The molecule has 0 fully saturated rings. The van der Waals surface area contributed by atoms with Crippen LogP contribution in [-0.2, 0) is 0 Å². The van der Waals surface area contributed by atoms with E-state index in [0.29, 0.717) is 34.9 Å². The van der Waals surface area contributed by atoms with E-state index in [1.54, 1.807) is 6.07 Å². The Kier molecular flexibility index (Phi) is 5.85. The molecule has 0 amide bonds. The average molecular weight is 372 g/mol. The van der Waals surface area contributed by atoms with Gasteiger partial charge in [0.2, 0.25) is 5.95 Å². The topological polar surface area (TPSA) is 86.5 Å². The van der Waals surface area contributed by atoms with Crippen molar-refractivity contribution in [1.29, 1.82) is 5.26 Å². The second kappa shape index (κ2) is 8.49. The molecule has 0 saturated heterocycles. The van der Waals surface area contributed by atoms with Gasteiger partial charge in [-0.1, -0.05) is 58.0 Å². The maximum absolute atomic E-state index is 9.26. The summed E-state index contributed by atoms with van der Waals surface area (Å²) in [6, 6.07) is 15.8. The number of nitriles is 1. The van der Waals surface area contributed by atoms with Gasteiger partial charge in [-0.3, -0.25) is 0 Å². The molecule has 0 bridgehead atoms. The molecular formula is C22H24N6. The third-order valence-electron chi connectivity index (χ3n) is 4.48. The van der Waals surface area contributed by atoms with Crippen molar-refractivity contribution in [2.75, 3.05) is 10.6 Å². The molecule has 2 aromatic carbocycles. The van der Waals surface area contributed by atoms with E-state index in [2.05, 4.69) is 77.8 Å². The summed E-state index contributed by atoms with van der Waals surface area (Å²) < 4.78 is 0. The minimum Gasteiger partial charge on any atom is -0.338 e. The molecule has 3 aromatic rings. The summed E-state index contributed by atoms with van der Waals surface area (Å²) in [4.78, 5) is 4.53. The Balaban J connectivity index is 1.93. The molecule has 0 unspecified atom stereocenters. The SMILES string of the molecule is CC(C)c1cccc(C(C)C)c1Nc1nncc(Nc2ccccc2C#N)n1. The third kappa shape index (κ3) is 4.26. The second-order valence-corrected chi connectivity index (χ2v) is 7.19. The van der Waals surface area contributed by atoms with E-state index >= 15 is 0 Å². The van der Waals surface area contributed by atoms with Crippen LogP contribution in [0.4, 0.5) is 23.1 Å². The van der Waals surface area contributed by atoms with Gasteiger partial charge in [0.25, 0.3) is 0 Å². The lowest BCUT2D eigenvalue weighted by atomic mass is 9.93. The summed E-state index contributed by atoms with van der Waals surface area (Å²) in [6.45, 7) is 8.67. The van der Waals surface area contributed by atoms with Gasteiger partial charge >= 0.3 is 0 Å². The first-order chi connectivity index (χ1) is 13.5. The summed E-state index contributed by atoms with van der Waals surface area (Å²) in [6.07, 6.45) is 1.54. The zero-order valence-corrected chi connectivity index (χ0v) is 16.6. The van der Waals surface area contributed by atoms with Crippen molar-refractivity contribution < 1.29 is 0 Å². The van der Waals surface area contributed by atoms with Crippen LogP contribution in [-0.4, -0.2) is 15.2 Å². The summed E-state index contributed by atoms with van der Waals surface area (Å²) in [5, 5.41) is 24.0. The predicted octanol–water partition coefficient (Wildman–Crippen LogP) is 5.48. The van der Waals surface area contributed by atoms with Crippen molar-refractivity contribution in [2.45, 2.75) is 39.5 Å². The van der Waals surface area contributed by atoms with Gasteiger partial charge in [-0.25, -0.2) is 0 Å². The van der Waals surface area contributed by atoms with E-state index in [9.17, 15) is 5.26 Å². The van der Waals surface area contributed by atoms with Crippen molar-refractivity contribution in [2.24, 2.45) is 0 Å². The summed E-state index contributed by atoms with van der Waals surface area (Å²) in [5.41, 5.74) is 4.68. The molecule has 2 N–H and O–H groups in total. The number of anilines is 4. The highest BCUT2D eigenvalue weighted by atomic mass is 15.3. The molecule has 0 spiro atoms. The van der Waals surface area contributed by atoms with Gasteiger partial charge in [0.15, 0.2) is 5.82 Å². The average Bonchev–Trinajstić information content (AvgIpc) is 2.68. The van der Waals surface area contributed by atoms with Gasteiger partial charge in [0, 0.05) is 5.69 Å². The van der Waals surface area contributed by atoms with Crippen molar-refractivity contribution in [3.63, 3.8) is 0 Å². The smallest absolute Gasteiger partial charge is 0.249 e. The van der Waals surface area contributed by atoms with E-state index in [1.807, 2.05) is 18.2 Å². The molecule has 1 aromatic heterocycles. The molecule has 0 aliphatic carbocycles. The van der Waals surface area contributed by atoms with E-state index in [-0.39, 0.29) is 0 Å². The number of rotatable bonds is 6. The number of hydrogen-bond donors (Lipinski definition) is 2. The number of nitrogens with one attached hydrogen (secondary N) is 2. The molecule has 6 nitrogen and oxygen atoms in total. The van der Waals surface area contributed by atoms with Crippen molar-refractivity contribution in [3.05, 3.63) is 65.4 Å². The van der Waals surface area contributed by atoms with Gasteiger partial charge in [-0.2, -0.15) is 15.3 Å². The lowest BCUT2D eigenvalue weighted by Gasteiger charge is -2.20. The highest BCUT2D eigenvalue weighted by Gasteiger charge is 2.15. The van der Waals surface area contributed by atoms with E-state index in [0.717, 1.165) is 5.69 Å². The lowest BCUT2D eigenvalue weighted by Crippen LogP contribution is -2.08. The maximum atomic E-state index is 9.26. The zero-order valence-electron chi connectivity index (χ0n) is 16.6. The standard InChI is InChI=1S/C22H24N6/c1-14(2)17-9-7-10-18(15(3)4)21(17)27-22-26-20(13-24-28-22)25-19-11-6-5-8-16(19)12-23/h5-11,13-15H,1-4H3,(H2,25,26,27,28). The van der Waals surface area contributed by atoms with Crippen LogP contribution >= 0.6 is 0 Å². The van der Waals surface area contributed by atoms with Crippen molar-refractivity contribution in [3.8, 4) is 6.07 Å². The van der Waals surface area contributed by atoms with Crippen LogP contribution in [0.3, 0.4) is 0 Å². The minimum atomic E-state index is 0.359. The van der Waals surface area contributed by atoms with Crippen LogP contribution in [0.1, 0.15) is 56.2 Å². The normalized spacial score (nSPS) is 10.8. The number of benzene rings is 2. The maximum Gasteiger partial charge on any atom is 0.249 e. The molecule has 0 radical (unpaired) electrons. The monoisotopic (exact) mass is 372 g/mol. The molecule has 1 heterocycles. The molecule has 0 saturated carbocycles. The Hall–Kier alpha value is -3.46. The number of para-hydroxylation sites is 2. The van der Waals surface area contributed by atoms with Crippen molar-refractivity contribution >= 4 is 23.1 Å². The molecule has 142 valence electrons. The Morgan fingerprint density at radius 2 is 1.57 bits per heavy atom. The van der Waals surface area contributed by atoms with Crippen LogP contribution in [0.25, 0.3) is 0 Å². The Morgan fingerprint density at radius 1 is 0.893 bits per heavy atom. The molecule has 0 atom stereocenters. The highest BCUT2D eigenvalue weighted by Crippen LogP contribution is 2.33. The number of hydrogen-bond acceptors (Lipinski definition) is 6. The fraction of sp³-hybridized carbons (Fsp3) is 0.273. The van der Waals surface area contributed by atoms with Gasteiger partial charge in [0.1, 0.15) is 6.07 Å². The summed E-state index contributed by atoms with van der Waals surface area (Å²) >= 11 is 0. The Labute approximate surface area is 165 Å². The molecule has 0 aliphatic rings. The minimum absolute atomic E-state index is 0.359. The Morgan fingerprint density at radius 3 is 2.21 bits per heavy atom. The Bertz CT molecular complexity index is 978. The first kappa shape index (κ1) is 19.3. The molecule has 6 heteroatoms. The van der Waals surface area contributed by atoms with Crippen LogP contribution in [0.2, 0.25) is 0 Å². The number of aromatic nitrogens is 3. The van der Waals surface area contributed by atoms with Gasteiger partial charge in [0.05, 0.1) is 17.4 Å². The van der Waals surface area contributed by atoms with E-state index < -0.39 is 0 Å². The van der Waals surface area contributed by atoms with Crippen LogP contribution < -0.4 is 10.6 Å². The van der Waals surface area contributed by atoms with E-state index in [1.165, 1.54) is 17.3 Å². The largest absolute Gasteiger partial charge is 0.338 e.